The summed E-state index contributed by atoms with van der Waals surface area (Å²) in [6, 6.07) is 4.63. The van der Waals surface area contributed by atoms with E-state index in [9.17, 15) is 9.18 Å². The summed E-state index contributed by atoms with van der Waals surface area (Å²) in [6.45, 7) is 5.04. The molecule has 0 radical (unpaired) electrons. The third-order valence-corrected chi connectivity index (χ3v) is 2.91. The predicted octanol–water partition coefficient (Wildman–Crippen LogP) is 3.38. The molecular weight excluding hydrogens is 285 g/mol. The van der Waals surface area contributed by atoms with Gasteiger partial charge < -0.3 is 4.90 Å². The molecule has 0 aliphatic carbocycles. The molecule has 0 heterocycles. The molecule has 1 aromatic rings. The summed E-state index contributed by atoms with van der Waals surface area (Å²) in [7, 11) is 0. The molecule has 0 saturated heterocycles. The van der Waals surface area contributed by atoms with Crippen LogP contribution in [0, 0.1) is 12.7 Å². The van der Waals surface area contributed by atoms with Crippen LogP contribution in [0.5, 0.6) is 0 Å². The van der Waals surface area contributed by atoms with Gasteiger partial charge in [-0.15, -0.1) is 0 Å². The van der Waals surface area contributed by atoms with Crippen LogP contribution in [0.25, 0.3) is 0 Å². The molecule has 0 bridgehead atoms. The fourth-order valence-corrected chi connectivity index (χ4v) is 2.02. The van der Waals surface area contributed by atoms with Gasteiger partial charge in [-0.2, -0.15) is 0 Å². The second-order valence-corrected chi connectivity index (χ2v) is 4.74. The average Bonchev–Trinajstić information content (AvgIpc) is 2.31. The summed E-state index contributed by atoms with van der Waals surface area (Å²) in [5.41, 5.74) is 0.978. The van der Waals surface area contributed by atoms with Crippen LogP contribution in [0.4, 0.5) is 4.39 Å². The van der Waals surface area contributed by atoms with Crippen LogP contribution in [0.3, 0.4) is 0 Å². The van der Waals surface area contributed by atoms with Crippen LogP contribution in [0.1, 0.15) is 29.3 Å². The lowest BCUT2D eigenvalue weighted by Crippen LogP contribution is -2.33. The van der Waals surface area contributed by atoms with E-state index in [0.717, 1.165) is 11.8 Å². The SMILES string of the molecule is CCCN(CCBr)C(=O)c1ccc(C)c(F)c1. The Morgan fingerprint density at radius 3 is 2.65 bits per heavy atom. The van der Waals surface area contributed by atoms with E-state index in [0.29, 0.717) is 24.2 Å². The van der Waals surface area contributed by atoms with Crippen LogP contribution in [-0.4, -0.2) is 29.2 Å². The van der Waals surface area contributed by atoms with Gasteiger partial charge in [0.25, 0.3) is 5.91 Å². The first-order valence-electron chi connectivity index (χ1n) is 5.71. The van der Waals surface area contributed by atoms with Gasteiger partial charge in [0.2, 0.25) is 0 Å². The van der Waals surface area contributed by atoms with Crippen LogP contribution in [0.2, 0.25) is 0 Å². The fourth-order valence-electron chi connectivity index (χ4n) is 1.60. The van der Waals surface area contributed by atoms with E-state index in [2.05, 4.69) is 15.9 Å². The number of carbonyl (C=O) groups excluding carboxylic acids is 1. The number of aryl methyl sites for hydroxylation is 1. The quantitative estimate of drug-likeness (QED) is 0.764. The van der Waals surface area contributed by atoms with Crippen molar-refractivity contribution in [1.29, 1.82) is 0 Å². The second-order valence-electron chi connectivity index (χ2n) is 3.95. The number of halogens is 2. The van der Waals surface area contributed by atoms with E-state index in [1.54, 1.807) is 24.0 Å². The average molecular weight is 302 g/mol. The molecule has 0 aromatic heterocycles. The number of benzene rings is 1. The Morgan fingerprint density at radius 1 is 1.41 bits per heavy atom. The van der Waals surface area contributed by atoms with Crippen LogP contribution in [0.15, 0.2) is 18.2 Å². The molecule has 0 N–H and O–H groups in total. The minimum atomic E-state index is -0.328. The Hall–Kier alpha value is -0.900. The van der Waals surface area contributed by atoms with Gasteiger partial charge in [0, 0.05) is 24.0 Å². The third-order valence-electron chi connectivity index (χ3n) is 2.55. The van der Waals surface area contributed by atoms with Crippen LogP contribution >= 0.6 is 15.9 Å². The number of rotatable bonds is 5. The minimum absolute atomic E-state index is 0.106. The highest BCUT2D eigenvalue weighted by atomic mass is 79.9. The number of alkyl halides is 1. The topological polar surface area (TPSA) is 20.3 Å². The molecule has 0 unspecified atom stereocenters. The highest BCUT2D eigenvalue weighted by Gasteiger charge is 2.15. The molecule has 4 heteroatoms. The largest absolute Gasteiger partial charge is 0.338 e. The molecule has 0 aliphatic heterocycles. The highest BCUT2D eigenvalue weighted by molar-refractivity contribution is 9.09. The smallest absolute Gasteiger partial charge is 0.253 e. The first kappa shape index (κ1) is 14.2. The normalized spacial score (nSPS) is 10.4. The van der Waals surface area contributed by atoms with E-state index in [-0.39, 0.29) is 11.7 Å². The number of carbonyl (C=O) groups is 1. The fraction of sp³-hybridized carbons (Fsp3) is 0.462. The molecular formula is C13H17BrFNO. The van der Waals surface area contributed by atoms with E-state index >= 15 is 0 Å². The molecule has 0 fully saturated rings. The van der Waals surface area contributed by atoms with E-state index in [1.165, 1.54) is 6.07 Å². The van der Waals surface area contributed by atoms with Crippen molar-refractivity contribution in [3.8, 4) is 0 Å². The van der Waals surface area contributed by atoms with Gasteiger partial charge in [0.1, 0.15) is 5.82 Å². The number of hydrogen-bond donors (Lipinski definition) is 0. The molecule has 1 amide bonds. The summed E-state index contributed by atoms with van der Waals surface area (Å²) < 4.78 is 13.4. The molecule has 1 rings (SSSR count). The van der Waals surface area contributed by atoms with Crippen molar-refractivity contribution in [2.24, 2.45) is 0 Å². The van der Waals surface area contributed by atoms with Crippen molar-refractivity contribution in [3.05, 3.63) is 35.1 Å². The first-order valence-corrected chi connectivity index (χ1v) is 6.83. The lowest BCUT2D eigenvalue weighted by Gasteiger charge is -2.21. The Kier molecular flexibility index (Phi) is 5.62. The standard InChI is InChI=1S/C13H17BrFNO/c1-3-7-16(8-6-14)13(17)11-5-4-10(2)12(15)9-11/h4-5,9H,3,6-8H2,1-2H3. The van der Waals surface area contributed by atoms with E-state index in [1.807, 2.05) is 6.92 Å². The maximum atomic E-state index is 13.4. The molecule has 0 saturated carbocycles. The van der Waals surface area contributed by atoms with Crippen molar-refractivity contribution in [2.75, 3.05) is 18.4 Å². The molecule has 0 aliphatic rings. The Morgan fingerprint density at radius 2 is 2.12 bits per heavy atom. The van der Waals surface area contributed by atoms with Gasteiger partial charge in [-0.05, 0) is 31.0 Å². The molecule has 94 valence electrons. The summed E-state index contributed by atoms with van der Waals surface area (Å²) in [5.74, 6) is -0.434. The molecule has 2 nitrogen and oxygen atoms in total. The van der Waals surface area contributed by atoms with Gasteiger partial charge in [-0.3, -0.25) is 4.79 Å². The second kappa shape index (κ2) is 6.74. The van der Waals surface area contributed by atoms with Crippen molar-refractivity contribution in [2.45, 2.75) is 20.3 Å². The number of nitrogens with zero attached hydrogens (tertiary/aromatic N) is 1. The van der Waals surface area contributed by atoms with Crippen molar-refractivity contribution in [3.63, 3.8) is 0 Å². The highest BCUT2D eigenvalue weighted by Crippen LogP contribution is 2.12. The van der Waals surface area contributed by atoms with Gasteiger partial charge >= 0.3 is 0 Å². The summed E-state index contributed by atoms with van der Waals surface area (Å²) in [5, 5.41) is 0.729. The number of amides is 1. The maximum absolute atomic E-state index is 13.4. The Bertz CT molecular complexity index is 389. The van der Waals surface area contributed by atoms with Crippen LogP contribution < -0.4 is 0 Å². The summed E-state index contributed by atoms with van der Waals surface area (Å²) in [4.78, 5) is 13.9. The van der Waals surface area contributed by atoms with E-state index in [4.69, 9.17) is 0 Å². The van der Waals surface area contributed by atoms with E-state index < -0.39 is 0 Å². The van der Waals surface area contributed by atoms with Gasteiger partial charge in [0.05, 0.1) is 0 Å². The molecule has 0 atom stereocenters. The van der Waals surface area contributed by atoms with Crippen molar-refractivity contribution in [1.82, 2.24) is 4.90 Å². The lowest BCUT2D eigenvalue weighted by atomic mass is 10.1. The minimum Gasteiger partial charge on any atom is -0.338 e. The summed E-state index contributed by atoms with van der Waals surface area (Å²) in [6.07, 6.45) is 0.896. The van der Waals surface area contributed by atoms with Gasteiger partial charge in [-0.1, -0.05) is 28.9 Å². The Labute approximate surface area is 110 Å². The zero-order chi connectivity index (χ0) is 12.8. The Balaban J connectivity index is 2.88. The first-order chi connectivity index (χ1) is 8.10. The monoisotopic (exact) mass is 301 g/mol. The van der Waals surface area contributed by atoms with Gasteiger partial charge in [-0.25, -0.2) is 4.39 Å². The lowest BCUT2D eigenvalue weighted by molar-refractivity contribution is 0.0766. The van der Waals surface area contributed by atoms with Crippen molar-refractivity contribution < 1.29 is 9.18 Å². The number of hydrogen-bond acceptors (Lipinski definition) is 1. The van der Waals surface area contributed by atoms with Crippen molar-refractivity contribution >= 4 is 21.8 Å². The molecule has 1 aromatic carbocycles. The predicted molar refractivity (Wildman–Crippen MR) is 71.1 cm³/mol. The zero-order valence-corrected chi connectivity index (χ0v) is 11.8. The summed E-state index contributed by atoms with van der Waals surface area (Å²) >= 11 is 3.32. The van der Waals surface area contributed by atoms with Crippen LogP contribution in [-0.2, 0) is 0 Å². The third kappa shape index (κ3) is 3.80. The maximum Gasteiger partial charge on any atom is 0.253 e. The molecule has 17 heavy (non-hydrogen) atoms. The van der Waals surface area contributed by atoms with Gasteiger partial charge in [0.15, 0.2) is 0 Å². The molecule has 0 spiro atoms. The zero-order valence-electron chi connectivity index (χ0n) is 10.2.